The van der Waals surface area contributed by atoms with Gasteiger partial charge < -0.3 is 14.8 Å². The maximum absolute atomic E-state index is 12.8. The lowest BCUT2D eigenvalue weighted by molar-refractivity contribution is -0.113. The van der Waals surface area contributed by atoms with Gasteiger partial charge in [-0.2, -0.15) is 0 Å². The van der Waals surface area contributed by atoms with Gasteiger partial charge in [0.25, 0.3) is 0 Å². The highest BCUT2D eigenvalue weighted by molar-refractivity contribution is 7.99. The van der Waals surface area contributed by atoms with E-state index in [1.807, 2.05) is 49.4 Å². The Labute approximate surface area is 211 Å². The second kappa shape index (κ2) is 11.6. The molecular formula is C26H33N5O3S. The third-order valence-electron chi connectivity index (χ3n) is 6.26. The first kappa shape index (κ1) is 25.1. The largest absolute Gasteiger partial charge is 0.497 e. The highest BCUT2D eigenvalue weighted by Gasteiger charge is 2.26. The molecule has 1 atom stereocenters. The topological polar surface area (TPSA) is 81.5 Å². The zero-order chi connectivity index (χ0) is 24.8. The van der Waals surface area contributed by atoms with Crippen molar-refractivity contribution in [2.75, 3.05) is 38.4 Å². The fourth-order valence-corrected chi connectivity index (χ4v) is 5.08. The molecule has 4 rings (SSSR count). The van der Waals surface area contributed by atoms with Gasteiger partial charge >= 0.3 is 0 Å². The number of piperidine rings is 1. The van der Waals surface area contributed by atoms with Gasteiger partial charge in [0.2, 0.25) is 5.91 Å². The molecule has 0 spiro atoms. The lowest BCUT2D eigenvalue weighted by Crippen LogP contribution is -2.33. The smallest absolute Gasteiger partial charge is 0.234 e. The Morgan fingerprint density at radius 2 is 1.80 bits per heavy atom. The lowest BCUT2D eigenvalue weighted by atomic mass is 10.1. The molecule has 1 aliphatic rings. The minimum atomic E-state index is -0.131. The Kier molecular flexibility index (Phi) is 8.30. The summed E-state index contributed by atoms with van der Waals surface area (Å²) in [5, 5.41) is 12.7. The number of anilines is 1. The van der Waals surface area contributed by atoms with E-state index in [2.05, 4.69) is 31.9 Å². The SMILES string of the molecule is COc1ccc(-n2c(SCC(=O)Nc3cc(C)ccc3OC)nnc2C(C)N2CCCCC2)cc1. The van der Waals surface area contributed by atoms with Gasteiger partial charge in [-0.1, -0.05) is 24.2 Å². The molecule has 0 bridgehead atoms. The van der Waals surface area contributed by atoms with Gasteiger partial charge in [0.1, 0.15) is 11.5 Å². The average Bonchev–Trinajstić information content (AvgIpc) is 3.31. The van der Waals surface area contributed by atoms with E-state index in [1.165, 1.54) is 31.0 Å². The highest BCUT2D eigenvalue weighted by atomic mass is 32.2. The Balaban J connectivity index is 1.56. The van der Waals surface area contributed by atoms with E-state index in [0.29, 0.717) is 16.6 Å². The van der Waals surface area contributed by atoms with Crippen LogP contribution in [0.2, 0.25) is 0 Å². The minimum Gasteiger partial charge on any atom is -0.497 e. The van der Waals surface area contributed by atoms with Crippen molar-refractivity contribution < 1.29 is 14.3 Å². The summed E-state index contributed by atoms with van der Waals surface area (Å²) in [6, 6.07) is 13.7. The first-order valence-corrected chi connectivity index (χ1v) is 12.9. The van der Waals surface area contributed by atoms with E-state index < -0.39 is 0 Å². The molecule has 2 aromatic carbocycles. The number of benzene rings is 2. The van der Waals surface area contributed by atoms with Crippen molar-refractivity contribution in [2.24, 2.45) is 0 Å². The van der Waals surface area contributed by atoms with Crippen molar-refractivity contribution in [3.05, 3.63) is 53.9 Å². The van der Waals surface area contributed by atoms with Crippen molar-refractivity contribution in [3.8, 4) is 17.2 Å². The number of hydrogen-bond donors (Lipinski definition) is 1. The molecule has 1 aliphatic heterocycles. The highest BCUT2D eigenvalue weighted by Crippen LogP contribution is 2.31. The lowest BCUT2D eigenvalue weighted by Gasteiger charge is -2.31. The predicted molar refractivity (Wildman–Crippen MR) is 139 cm³/mol. The molecule has 1 N–H and O–H groups in total. The van der Waals surface area contributed by atoms with Crippen LogP contribution < -0.4 is 14.8 Å². The number of likely N-dealkylation sites (tertiary alicyclic amines) is 1. The standard InChI is InChI=1S/C26H33N5O3S/c1-18-8-13-23(34-4)22(16-18)27-24(32)17-35-26-29-28-25(19(2)30-14-6-5-7-15-30)31(26)20-9-11-21(33-3)12-10-20/h8-13,16,19H,5-7,14-15,17H2,1-4H3,(H,27,32). The number of rotatable bonds is 9. The van der Waals surface area contributed by atoms with Crippen LogP contribution in [0.1, 0.15) is 43.6 Å². The first-order valence-electron chi connectivity index (χ1n) is 11.9. The number of carbonyl (C=O) groups excluding carboxylic acids is 1. The molecule has 35 heavy (non-hydrogen) atoms. The van der Waals surface area contributed by atoms with Crippen molar-refractivity contribution in [2.45, 2.75) is 44.3 Å². The van der Waals surface area contributed by atoms with Crippen LogP contribution in [0.25, 0.3) is 5.69 Å². The molecule has 0 aliphatic carbocycles. The molecule has 1 amide bonds. The zero-order valence-electron chi connectivity index (χ0n) is 20.8. The predicted octanol–water partition coefficient (Wildman–Crippen LogP) is 4.87. The monoisotopic (exact) mass is 495 g/mol. The number of aryl methyl sites for hydroxylation is 1. The van der Waals surface area contributed by atoms with Crippen LogP contribution in [0.15, 0.2) is 47.6 Å². The minimum absolute atomic E-state index is 0.115. The van der Waals surface area contributed by atoms with E-state index in [4.69, 9.17) is 9.47 Å². The van der Waals surface area contributed by atoms with E-state index in [0.717, 1.165) is 35.9 Å². The summed E-state index contributed by atoms with van der Waals surface area (Å²) < 4.78 is 12.8. The number of thioether (sulfide) groups is 1. The molecule has 186 valence electrons. The van der Waals surface area contributed by atoms with Gasteiger partial charge in [0.15, 0.2) is 11.0 Å². The molecule has 1 fully saturated rings. The summed E-state index contributed by atoms with van der Waals surface area (Å²) in [6.07, 6.45) is 3.67. The van der Waals surface area contributed by atoms with Crippen molar-refractivity contribution in [3.63, 3.8) is 0 Å². The molecule has 1 aromatic heterocycles. The number of carbonyl (C=O) groups is 1. The van der Waals surface area contributed by atoms with Gasteiger partial charge in [-0.25, -0.2) is 0 Å². The van der Waals surface area contributed by atoms with Crippen molar-refractivity contribution in [1.29, 1.82) is 0 Å². The van der Waals surface area contributed by atoms with Crippen LogP contribution in [0.5, 0.6) is 11.5 Å². The number of nitrogens with zero attached hydrogens (tertiary/aromatic N) is 4. The Morgan fingerprint density at radius 3 is 2.49 bits per heavy atom. The summed E-state index contributed by atoms with van der Waals surface area (Å²) in [7, 11) is 3.25. The van der Waals surface area contributed by atoms with Gasteiger partial charge in [0, 0.05) is 5.69 Å². The summed E-state index contributed by atoms with van der Waals surface area (Å²) in [4.78, 5) is 15.3. The maximum atomic E-state index is 12.8. The molecule has 8 nitrogen and oxygen atoms in total. The number of aromatic nitrogens is 3. The van der Waals surface area contributed by atoms with Gasteiger partial charge in [-0.3, -0.25) is 14.3 Å². The Hall–Kier alpha value is -3.04. The van der Waals surface area contributed by atoms with E-state index in [1.54, 1.807) is 14.2 Å². The van der Waals surface area contributed by atoms with Crippen LogP contribution in [-0.4, -0.2) is 58.6 Å². The third kappa shape index (κ3) is 5.97. The molecule has 0 saturated carbocycles. The number of methoxy groups -OCH3 is 2. The maximum Gasteiger partial charge on any atom is 0.234 e. The number of ether oxygens (including phenoxy) is 2. The fourth-order valence-electron chi connectivity index (χ4n) is 4.32. The number of hydrogen-bond acceptors (Lipinski definition) is 7. The molecule has 3 aromatic rings. The molecule has 2 heterocycles. The van der Waals surface area contributed by atoms with E-state index in [9.17, 15) is 4.79 Å². The molecule has 1 saturated heterocycles. The molecule has 9 heteroatoms. The number of nitrogens with one attached hydrogen (secondary N) is 1. The third-order valence-corrected chi connectivity index (χ3v) is 7.19. The normalized spacial score (nSPS) is 15.0. The zero-order valence-corrected chi connectivity index (χ0v) is 21.6. The summed E-state index contributed by atoms with van der Waals surface area (Å²) >= 11 is 1.37. The second-order valence-corrected chi connectivity index (χ2v) is 9.63. The number of amides is 1. The summed E-state index contributed by atoms with van der Waals surface area (Å²) in [6.45, 7) is 6.27. The summed E-state index contributed by atoms with van der Waals surface area (Å²) in [5.74, 6) is 2.36. The molecule has 0 radical (unpaired) electrons. The van der Waals surface area contributed by atoms with Crippen LogP contribution in [0, 0.1) is 6.92 Å². The van der Waals surface area contributed by atoms with Gasteiger partial charge in [0.05, 0.1) is 31.7 Å². The van der Waals surface area contributed by atoms with E-state index >= 15 is 0 Å². The van der Waals surface area contributed by atoms with Crippen molar-refractivity contribution in [1.82, 2.24) is 19.7 Å². The first-order chi connectivity index (χ1) is 17.0. The Morgan fingerprint density at radius 1 is 1.06 bits per heavy atom. The summed E-state index contributed by atoms with van der Waals surface area (Å²) in [5.41, 5.74) is 2.65. The van der Waals surface area contributed by atoms with E-state index in [-0.39, 0.29) is 17.7 Å². The van der Waals surface area contributed by atoms with Crippen LogP contribution in [0.3, 0.4) is 0 Å². The molecular weight excluding hydrogens is 462 g/mol. The fraction of sp³-hybridized carbons (Fsp3) is 0.423. The molecule has 1 unspecified atom stereocenters. The quantitative estimate of drug-likeness (QED) is 0.424. The average molecular weight is 496 g/mol. The van der Waals surface area contributed by atoms with Crippen LogP contribution >= 0.6 is 11.8 Å². The second-order valence-electron chi connectivity index (χ2n) is 8.69. The van der Waals surface area contributed by atoms with Crippen LogP contribution in [-0.2, 0) is 4.79 Å². The Bertz CT molecular complexity index is 1140. The van der Waals surface area contributed by atoms with Gasteiger partial charge in [-0.15, -0.1) is 10.2 Å². The van der Waals surface area contributed by atoms with Crippen LogP contribution in [0.4, 0.5) is 5.69 Å². The van der Waals surface area contributed by atoms with Crippen molar-refractivity contribution >= 4 is 23.4 Å². The van der Waals surface area contributed by atoms with Gasteiger partial charge in [-0.05, 0) is 81.7 Å².